The fourth-order valence-electron chi connectivity index (χ4n) is 3.31. The number of fused-ring (bicyclic) bond motifs is 1. The van der Waals surface area contributed by atoms with Crippen LogP contribution in [0, 0.1) is 0 Å². The molecule has 0 saturated heterocycles. The fraction of sp³-hybridized carbons (Fsp3) is 0.174. The molecule has 0 bridgehead atoms. The number of rotatable bonds is 6. The zero-order valence-corrected chi connectivity index (χ0v) is 15.8. The molecule has 2 heterocycles. The zero-order valence-electron chi connectivity index (χ0n) is 15.8. The van der Waals surface area contributed by atoms with Gasteiger partial charge in [0.2, 0.25) is 5.91 Å². The van der Waals surface area contributed by atoms with E-state index in [1.165, 1.54) is 16.7 Å². The molecule has 1 N–H and O–H groups in total. The van der Waals surface area contributed by atoms with Gasteiger partial charge in [0, 0.05) is 31.2 Å². The number of carbonyl (C=O) groups excluding carboxylic acids is 1. The summed E-state index contributed by atoms with van der Waals surface area (Å²) in [5, 5.41) is 8.43. The van der Waals surface area contributed by atoms with Crippen molar-refractivity contribution in [2.75, 3.05) is 5.32 Å². The molecule has 0 unspecified atom stereocenters. The Hall–Kier alpha value is -3.47. The number of pyridine rings is 1. The Kier molecular flexibility index (Phi) is 5.15. The van der Waals surface area contributed by atoms with Crippen molar-refractivity contribution in [2.45, 2.75) is 19.3 Å². The molecule has 2 aromatic carbocycles. The Morgan fingerprint density at radius 1 is 1.07 bits per heavy atom. The third kappa shape index (κ3) is 4.26. The first-order valence-electron chi connectivity index (χ1n) is 9.40. The predicted octanol–water partition coefficient (Wildman–Crippen LogP) is 4.60. The number of amides is 1. The minimum absolute atomic E-state index is 0.0226. The number of nitrogens with zero attached hydrogens (tertiary/aromatic N) is 3. The highest BCUT2D eigenvalue weighted by molar-refractivity contribution is 5.90. The van der Waals surface area contributed by atoms with Crippen molar-refractivity contribution in [3.05, 3.63) is 78.8 Å². The minimum Gasteiger partial charge on any atom is -0.325 e. The van der Waals surface area contributed by atoms with Gasteiger partial charge in [0.15, 0.2) is 0 Å². The molecule has 4 aromatic rings. The van der Waals surface area contributed by atoms with Gasteiger partial charge in [-0.15, -0.1) is 0 Å². The molecule has 140 valence electrons. The number of anilines is 1. The number of nitrogens with one attached hydrogen (secondary N) is 1. The van der Waals surface area contributed by atoms with E-state index in [4.69, 9.17) is 0 Å². The van der Waals surface area contributed by atoms with E-state index in [-0.39, 0.29) is 5.91 Å². The largest absolute Gasteiger partial charge is 0.325 e. The lowest BCUT2D eigenvalue weighted by Crippen LogP contribution is -2.11. The fourth-order valence-corrected chi connectivity index (χ4v) is 3.31. The second-order valence-electron chi connectivity index (χ2n) is 6.92. The summed E-state index contributed by atoms with van der Waals surface area (Å²) in [5.74, 6) is 0.0226. The first-order chi connectivity index (χ1) is 13.7. The highest BCUT2D eigenvalue weighted by atomic mass is 16.1. The molecule has 0 radical (unpaired) electrons. The first-order valence-corrected chi connectivity index (χ1v) is 9.40. The van der Waals surface area contributed by atoms with E-state index in [9.17, 15) is 4.79 Å². The Bertz CT molecular complexity index is 1080. The monoisotopic (exact) mass is 370 g/mol. The second-order valence-corrected chi connectivity index (χ2v) is 6.92. The topological polar surface area (TPSA) is 59.8 Å². The van der Waals surface area contributed by atoms with E-state index in [1.54, 1.807) is 12.4 Å². The summed E-state index contributed by atoms with van der Waals surface area (Å²) >= 11 is 0. The number of hydrogen-bond donors (Lipinski definition) is 1. The molecule has 2 aromatic heterocycles. The van der Waals surface area contributed by atoms with Crippen molar-refractivity contribution in [2.24, 2.45) is 7.05 Å². The van der Waals surface area contributed by atoms with Crippen LogP contribution in [0.15, 0.2) is 73.2 Å². The summed E-state index contributed by atoms with van der Waals surface area (Å²) < 4.78 is 1.84. The highest BCUT2D eigenvalue weighted by Gasteiger charge is 2.05. The predicted molar refractivity (Wildman–Crippen MR) is 112 cm³/mol. The van der Waals surface area contributed by atoms with Gasteiger partial charge in [0.25, 0.3) is 0 Å². The zero-order chi connectivity index (χ0) is 19.3. The van der Waals surface area contributed by atoms with Gasteiger partial charge in [-0.2, -0.15) is 5.10 Å². The van der Waals surface area contributed by atoms with E-state index >= 15 is 0 Å². The van der Waals surface area contributed by atoms with Crippen LogP contribution in [-0.2, 0) is 18.3 Å². The van der Waals surface area contributed by atoms with E-state index in [1.807, 2.05) is 30.1 Å². The van der Waals surface area contributed by atoms with Crippen molar-refractivity contribution in [3.8, 4) is 11.1 Å². The van der Waals surface area contributed by atoms with Gasteiger partial charge in [-0.25, -0.2) is 0 Å². The highest BCUT2D eigenvalue weighted by Crippen LogP contribution is 2.24. The molecule has 0 saturated carbocycles. The molecule has 1 amide bonds. The van der Waals surface area contributed by atoms with Gasteiger partial charge in [-0.3, -0.25) is 14.5 Å². The summed E-state index contributed by atoms with van der Waals surface area (Å²) in [6, 6.07) is 18.5. The van der Waals surface area contributed by atoms with E-state index < -0.39 is 0 Å². The van der Waals surface area contributed by atoms with Crippen LogP contribution in [-0.4, -0.2) is 20.7 Å². The van der Waals surface area contributed by atoms with Crippen LogP contribution in [0.3, 0.4) is 0 Å². The molecule has 0 aliphatic heterocycles. The normalized spacial score (nSPS) is 10.9. The Labute approximate surface area is 164 Å². The van der Waals surface area contributed by atoms with Crippen LogP contribution in [0.2, 0.25) is 0 Å². The average Bonchev–Trinajstić information content (AvgIpc) is 3.08. The molecule has 4 rings (SSSR count). The Morgan fingerprint density at radius 2 is 1.89 bits per heavy atom. The van der Waals surface area contributed by atoms with Gasteiger partial charge in [0.1, 0.15) is 0 Å². The standard InChI is InChI=1S/C23H22N4O/c1-27-16-20-14-19(11-12-22(20)26-27)18-9-7-17(8-10-18)4-2-6-23(28)25-21-5-3-13-24-15-21/h3,5,7-16H,2,4,6H2,1H3,(H,25,28). The summed E-state index contributed by atoms with van der Waals surface area (Å²) in [6.45, 7) is 0. The van der Waals surface area contributed by atoms with Crippen LogP contribution < -0.4 is 5.32 Å². The number of carbonyl (C=O) groups is 1. The lowest BCUT2D eigenvalue weighted by molar-refractivity contribution is -0.116. The van der Waals surface area contributed by atoms with Gasteiger partial charge >= 0.3 is 0 Å². The first kappa shape index (κ1) is 17.9. The molecule has 0 fully saturated rings. The third-order valence-electron chi connectivity index (χ3n) is 4.72. The summed E-state index contributed by atoms with van der Waals surface area (Å²) in [7, 11) is 1.94. The Morgan fingerprint density at radius 3 is 2.68 bits per heavy atom. The summed E-state index contributed by atoms with van der Waals surface area (Å²) in [4.78, 5) is 16.0. The van der Waals surface area contributed by atoms with Gasteiger partial charge in [-0.1, -0.05) is 30.3 Å². The average molecular weight is 370 g/mol. The van der Waals surface area contributed by atoms with Crippen molar-refractivity contribution < 1.29 is 4.79 Å². The van der Waals surface area contributed by atoms with Crippen LogP contribution >= 0.6 is 0 Å². The molecule has 5 nitrogen and oxygen atoms in total. The van der Waals surface area contributed by atoms with Crippen LogP contribution in [0.4, 0.5) is 5.69 Å². The van der Waals surface area contributed by atoms with Crippen LogP contribution in [0.25, 0.3) is 22.0 Å². The van der Waals surface area contributed by atoms with Crippen LogP contribution in [0.1, 0.15) is 18.4 Å². The number of aromatic nitrogens is 3. The maximum atomic E-state index is 12.0. The maximum absolute atomic E-state index is 12.0. The van der Waals surface area contributed by atoms with Crippen LogP contribution in [0.5, 0.6) is 0 Å². The molecule has 0 spiro atoms. The van der Waals surface area contributed by atoms with Gasteiger partial charge in [-0.05, 0) is 53.8 Å². The van der Waals surface area contributed by atoms with Crippen molar-refractivity contribution >= 4 is 22.5 Å². The quantitative estimate of drug-likeness (QED) is 0.540. The van der Waals surface area contributed by atoms with E-state index in [0.29, 0.717) is 6.42 Å². The van der Waals surface area contributed by atoms with E-state index in [2.05, 4.69) is 57.9 Å². The molecule has 0 atom stereocenters. The third-order valence-corrected chi connectivity index (χ3v) is 4.72. The SMILES string of the molecule is Cn1cc2cc(-c3ccc(CCCC(=O)Nc4cccnc4)cc3)ccc2n1. The molecule has 0 aliphatic rings. The van der Waals surface area contributed by atoms with Gasteiger partial charge in [0.05, 0.1) is 17.4 Å². The number of benzene rings is 2. The minimum atomic E-state index is 0.0226. The lowest BCUT2D eigenvalue weighted by atomic mass is 10.0. The number of aryl methyl sites for hydroxylation is 2. The van der Waals surface area contributed by atoms with Crippen molar-refractivity contribution in [3.63, 3.8) is 0 Å². The molecule has 28 heavy (non-hydrogen) atoms. The van der Waals surface area contributed by atoms with Crippen molar-refractivity contribution in [1.29, 1.82) is 0 Å². The Balaban J connectivity index is 1.33. The lowest BCUT2D eigenvalue weighted by Gasteiger charge is -2.06. The second kappa shape index (κ2) is 8.05. The molecular weight excluding hydrogens is 348 g/mol. The van der Waals surface area contributed by atoms with Crippen molar-refractivity contribution in [1.82, 2.24) is 14.8 Å². The maximum Gasteiger partial charge on any atom is 0.224 e. The molecular formula is C23H22N4O. The van der Waals surface area contributed by atoms with Gasteiger partial charge < -0.3 is 5.32 Å². The number of hydrogen-bond acceptors (Lipinski definition) is 3. The summed E-state index contributed by atoms with van der Waals surface area (Å²) in [6.07, 6.45) is 7.56. The molecule has 5 heteroatoms. The molecule has 0 aliphatic carbocycles. The smallest absolute Gasteiger partial charge is 0.224 e. The van der Waals surface area contributed by atoms with E-state index in [0.717, 1.165) is 29.4 Å². The summed E-state index contributed by atoms with van der Waals surface area (Å²) in [5.41, 5.74) is 5.35.